The summed E-state index contributed by atoms with van der Waals surface area (Å²) in [6.07, 6.45) is 1.63. The minimum atomic E-state index is -0.268. The topological polar surface area (TPSA) is 42.7 Å². The van der Waals surface area contributed by atoms with Gasteiger partial charge < -0.3 is 9.15 Å². The molecular formula is C17H19NO3. The lowest BCUT2D eigenvalue weighted by Crippen LogP contribution is -2.30. The van der Waals surface area contributed by atoms with E-state index < -0.39 is 0 Å². The van der Waals surface area contributed by atoms with Crippen LogP contribution in [0.15, 0.2) is 46.9 Å². The zero-order chi connectivity index (χ0) is 14.7. The highest BCUT2D eigenvalue weighted by atomic mass is 16.6. The van der Waals surface area contributed by atoms with Crippen LogP contribution in [0.4, 0.5) is 4.79 Å². The molecule has 1 aromatic heterocycles. The molecule has 1 aromatic carbocycles. The summed E-state index contributed by atoms with van der Waals surface area (Å²) < 4.78 is 11.1. The Labute approximate surface area is 124 Å². The maximum Gasteiger partial charge on any atom is 0.410 e. The molecule has 0 saturated carbocycles. The van der Waals surface area contributed by atoms with Crippen molar-refractivity contribution < 1.29 is 13.9 Å². The predicted octanol–water partition coefficient (Wildman–Crippen LogP) is 4.06. The molecule has 0 bridgehead atoms. The van der Waals surface area contributed by atoms with Crippen LogP contribution in [0.25, 0.3) is 0 Å². The quantitative estimate of drug-likeness (QED) is 0.854. The molecule has 1 unspecified atom stereocenters. The summed E-state index contributed by atoms with van der Waals surface area (Å²) in [5.74, 6) is 1.72. The third-order valence-corrected chi connectivity index (χ3v) is 3.78. The lowest BCUT2D eigenvalue weighted by atomic mass is 10.2. The number of carbonyl (C=O) groups is 1. The van der Waals surface area contributed by atoms with Gasteiger partial charge in [0.15, 0.2) is 0 Å². The van der Waals surface area contributed by atoms with Crippen molar-refractivity contribution in [2.75, 3.05) is 6.54 Å². The van der Waals surface area contributed by atoms with E-state index in [1.807, 2.05) is 49.4 Å². The lowest BCUT2D eigenvalue weighted by Gasteiger charge is -2.22. The summed E-state index contributed by atoms with van der Waals surface area (Å²) in [6, 6.07) is 13.6. The fourth-order valence-corrected chi connectivity index (χ4v) is 2.72. The number of carbonyl (C=O) groups excluding carboxylic acids is 1. The maximum atomic E-state index is 12.3. The molecule has 2 aromatic rings. The van der Waals surface area contributed by atoms with Crippen molar-refractivity contribution in [1.82, 2.24) is 4.90 Å². The number of ether oxygens (including phenoxy) is 1. The van der Waals surface area contributed by atoms with Gasteiger partial charge in [-0.1, -0.05) is 30.3 Å². The average molecular weight is 285 g/mol. The number of furan rings is 1. The van der Waals surface area contributed by atoms with Crippen LogP contribution >= 0.6 is 0 Å². The molecule has 3 rings (SSSR count). The fourth-order valence-electron chi connectivity index (χ4n) is 2.72. The van der Waals surface area contributed by atoms with Crippen LogP contribution in [0.5, 0.6) is 0 Å². The van der Waals surface area contributed by atoms with Gasteiger partial charge in [-0.3, -0.25) is 4.90 Å². The van der Waals surface area contributed by atoms with Crippen LogP contribution in [-0.2, 0) is 11.3 Å². The minimum Gasteiger partial charge on any atom is -0.464 e. The molecule has 0 spiro atoms. The summed E-state index contributed by atoms with van der Waals surface area (Å²) in [6.45, 7) is 2.94. The van der Waals surface area contributed by atoms with E-state index in [0.29, 0.717) is 6.61 Å². The van der Waals surface area contributed by atoms with Gasteiger partial charge in [-0.15, -0.1) is 0 Å². The standard InChI is InChI=1S/C17H19NO3/c1-13-9-10-16(21-13)15-8-5-11-18(15)17(19)20-12-14-6-3-2-4-7-14/h2-4,6-7,9-10,15H,5,8,11-12H2,1H3. The number of hydrogen-bond donors (Lipinski definition) is 0. The Morgan fingerprint density at radius 2 is 2.10 bits per heavy atom. The van der Waals surface area contributed by atoms with Crippen LogP contribution in [0.1, 0.15) is 36.0 Å². The summed E-state index contributed by atoms with van der Waals surface area (Å²) >= 11 is 0. The van der Waals surface area contributed by atoms with Gasteiger partial charge in [-0.2, -0.15) is 0 Å². The molecule has 0 N–H and O–H groups in total. The average Bonchev–Trinajstić information content (AvgIpc) is 3.14. The van der Waals surface area contributed by atoms with E-state index in [2.05, 4.69) is 0 Å². The molecule has 1 fully saturated rings. The molecule has 2 heterocycles. The second-order valence-corrected chi connectivity index (χ2v) is 5.34. The SMILES string of the molecule is Cc1ccc(C2CCCN2C(=O)OCc2ccccc2)o1. The molecule has 110 valence electrons. The van der Waals surface area contributed by atoms with E-state index in [0.717, 1.165) is 36.5 Å². The van der Waals surface area contributed by atoms with Crippen molar-refractivity contribution in [3.63, 3.8) is 0 Å². The van der Waals surface area contributed by atoms with Gasteiger partial charge >= 0.3 is 6.09 Å². The largest absolute Gasteiger partial charge is 0.464 e. The second-order valence-electron chi connectivity index (χ2n) is 5.34. The fraction of sp³-hybridized carbons (Fsp3) is 0.353. The van der Waals surface area contributed by atoms with Crippen LogP contribution in [0.3, 0.4) is 0 Å². The Balaban J connectivity index is 1.63. The van der Waals surface area contributed by atoms with Gasteiger partial charge in [-0.25, -0.2) is 4.79 Å². The number of hydrogen-bond acceptors (Lipinski definition) is 3. The molecule has 0 radical (unpaired) electrons. The molecule has 0 aliphatic carbocycles. The van der Waals surface area contributed by atoms with Gasteiger partial charge in [0.1, 0.15) is 18.1 Å². The third-order valence-electron chi connectivity index (χ3n) is 3.78. The molecule has 1 saturated heterocycles. The minimum absolute atomic E-state index is 0.00183. The summed E-state index contributed by atoms with van der Waals surface area (Å²) in [7, 11) is 0. The second kappa shape index (κ2) is 6.04. The highest BCUT2D eigenvalue weighted by Gasteiger charge is 2.33. The van der Waals surface area contributed by atoms with Crippen molar-refractivity contribution in [1.29, 1.82) is 0 Å². The normalized spacial score (nSPS) is 18.0. The van der Waals surface area contributed by atoms with Crippen molar-refractivity contribution in [3.05, 3.63) is 59.5 Å². The summed E-state index contributed by atoms with van der Waals surface area (Å²) in [5, 5.41) is 0. The Morgan fingerprint density at radius 1 is 1.29 bits per heavy atom. The molecule has 1 aliphatic rings. The first kappa shape index (κ1) is 13.7. The first-order valence-corrected chi connectivity index (χ1v) is 7.28. The Hall–Kier alpha value is -2.23. The van der Waals surface area contributed by atoms with Gasteiger partial charge in [0.2, 0.25) is 0 Å². The molecule has 4 heteroatoms. The summed E-state index contributed by atoms with van der Waals surface area (Å²) in [5.41, 5.74) is 0.996. The number of aryl methyl sites for hydroxylation is 1. The molecule has 4 nitrogen and oxygen atoms in total. The van der Waals surface area contributed by atoms with Crippen molar-refractivity contribution >= 4 is 6.09 Å². The van der Waals surface area contributed by atoms with Crippen LogP contribution in [0.2, 0.25) is 0 Å². The first-order valence-electron chi connectivity index (χ1n) is 7.28. The van der Waals surface area contributed by atoms with Crippen LogP contribution in [0, 0.1) is 6.92 Å². The zero-order valence-electron chi connectivity index (χ0n) is 12.1. The van der Waals surface area contributed by atoms with E-state index in [1.54, 1.807) is 4.90 Å². The van der Waals surface area contributed by atoms with Gasteiger partial charge in [0, 0.05) is 6.54 Å². The smallest absolute Gasteiger partial charge is 0.410 e. The third kappa shape index (κ3) is 3.10. The van der Waals surface area contributed by atoms with E-state index >= 15 is 0 Å². The molecular weight excluding hydrogens is 266 g/mol. The van der Waals surface area contributed by atoms with E-state index in [4.69, 9.17) is 9.15 Å². The Kier molecular flexibility index (Phi) is 3.95. The maximum absolute atomic E-state index is 12.3. The van der Waals surface area contributed by atoms with Gasteiger partial charge in [0.25, 0.3) is 0 Å². The van der Waals surface area contributed by atoms with Crippen LogP contribution in [-0.4, -0.2) is 17.5 Å². The molecule has 1 amide bonds. The van der Waals surface area contributed by atoms with Crippen LogP contribution < -0.4 is 0 Å². The Bertz CT molecular complexity index is 606. The monoisotopic (exact) mass is 285 g/mol. The van der Waals surface area contributed by atoms with Crippen molar-refractivity contribution in [2.24, 2.45) is 0 Å². The van der Waals surface area contributed by atoms with E-state index in [9.17, 15) is 4.79 Å². The van der Waals surface area contributed by atoms with E-state index in [-0.39, 0.29) is 12.1 Å². The number of nitrogens with zero attached hydrogens (tertiary/aromatic N) is 1. The summed E-state index contributed by atoms with van der Waals surface area (Å²) in [4.78, 5) is 14.0. The van der Waals surface area contributed by atoms with Gasteiger partial charge in [0.05, 0.1) is 6.04 Å². The highest BCUT2D eigenvalue weighted by molar-refractivity contribution is 5.68. The predicted molar refractivity (Wildman–Crippen MR) is 78.8 cm³/mol. The van der Waals surface area contributed by atoms with E-state index in [1.165, 1.54) is 0 Å². The first-order chi connectivity index (χ1) is 10.2. The van der Waals surface area contributed by atoms with Crippen molar-refractivity contribution in [3.8, 4) is 0 Å². The number of likely N-dealkylation sites (tertiary alicyclic amines) is 1. The zero-order valence-corrected chi connectivity index (χ0v) is 12.1. The highest BCUT2D eigenvalue weighted by Crippen LogP contribution is 2.33. The molecule has 1 aliphatic heterocycles. The number of benzene rings is 1. The molecule has 21 heavy (non-hydrogen) atoms. The lowest BCUT2D eigenvalue weighted by molar-refractivity contribution is 0.0885. The number of rotatable bonds is 3. The van der Waals surface area contributed by atoms with Gasteiger partial charge in [-0.05, 0) is 37.5 Å². The number of amides is 1. The van der Waals surface area contributed by atoms with Crippen molar-refractivity contribution in [2.45, 2.75) is 32.4 Å². The molecule has 1 atom stereocenters. The Morgan fingerprint density at radius 3 is 2.81 bits per heavy atom.